The zero-order chi connectivity index (χ0) is 22.2. The van der Waals surface area contributed by atoms with Crippen LogP contribution in [-0.4, -0.2) is 19.0 Å². The minimum atomic E-state index is -1.46. The minimum Gasteiger partial charge on any atom is -0.449 e. The molecule has 5 nitrogen and oxygen atoms in total. The number of carbonyl (C=O) groups is 1. The van der Waals surface area contributed by atoms with Gasteiger partial charge in [0.2, 0.25) is 0 Å². The molecule has 4 atom stereocenters. The Morgan fingerprint density at radius 2 is 1.87 bits per heavy atom. The molecule has 0 radical (unpaired) electrons. The Morgan fingerprint density at radius 1 is 1.23 bits per heavy atom. The van der Waals surface area contributed by atoms with Gasteiger partial charge in [0.05, 0.1) is 10.9 Å². The van der Waals surface area contributed by atoms with Crippen molar-refractivity contribution in [3.63, 3.8) is 0 Å². The molecule has 1 aliphatic rings. The van der Waals surface area contributed by atoms with Crippen LogP contribution in [0.25, 0.3) is 0 Å². The van der Waals surface area contributed by atoms with Crippen molar-refractivity contribution in [3.8, 4) is 11.8 Å². The van der Waals surface area contributed by atoms with E-state index in [1.807, 2.05) is 6.07 Å². The Kier molecular flexibility index (Phi) is 6.74. The summed E-state index contributed by atoms with van der Waals surface area (Å²) in [5.41, 5.74) is -1.80. The van der Waals surface area contributed by atoms with Crippen LogP contribution in [-0.2, 0) is 9.53 Å². The maximum Gasteiger partial charge on any atom is 0.330 e. The summed E-state index contributed by atoms with van der Waals surface area (Å²) in [7, 11) is 0. The molecule has 2 aromatic rings. The zero-order valence-corrected chi connectivity index (χ0v) is 20.7. The van der Waals surface area contributed by atoms with Crippen LogP contribution >= 0.6 is 55.1 Å². The second kappa shape index (κ2) is 8.66. The first kappa shape index (κ1) is 23.3. The number of alkyl halides is 4. The fraction of sp³-hybridized carbons (Fsp3) is 0.381. The molecule has 0 aliphatic heterocycles. The molecule has 158 valence electrons. The Labute approximate surface area is 201 Å². The first-order chi connectivity index (χ1) is 14.1. The molecule has 30 heavy (non-hydrogen) atoms. The summed E-state index contributed by atoms with van der Waals surface area (Å²) in [4.78, 5) is 17.0. The lowest BCUT2D eigenvalue weighted by atomic mass is 9.98. The molecule has 1 heterocycles. The number of hydrogen-bond acceptors (Lipinski definition) is 5. The third-order valence-corrected chi connectivity index (χ3v) is 8.73. The number of ether oxygens (including phenoxy) is 2. The first-order valence-electron chi connectivity index (χ1n) is 9.01. The van der Waals surface area contributed by atoms with Gasteiger partial charge in [-0.1, -0.05) is 77.2 Å². The maximum atomic E-state index is 13.3. The summed E-state index contributed by atoms with van der Waals surface area (Å²) in [5, 5.41) is 9.99. The zero-order valence-electron chi connectivity index (χ0n) is 16.1. The van der Waals surface area contributed by atoms with E-state index in [9.17, 15) is 10.1 Å². The lowest BCUT2D eigenvalue weighted by molar-refractivity contribution is -0.171. The highest BCUT2D eigenvalue weighted by Gasteiger charge is 2.81. The number of pyridine rings is 1. The van der Waals surface area contributed by atoms with Crippen LogP contribution < -0.4 is 4.74 Å². The van der Waals surface area contributed by atoms with Crippen molar-refractivity contribution in [3.05, 3.63) is 60.4 Å². The summed E-state index contributed by atoms with van der Waals surface area (Å²) < 4.78 is 10.2. The predicted molar refractivity (Wildman–Crippen MR) is 122 cm³/mol. The van der Waals surface area contributed by atoms with Crippen LogP contribution in [0, 0.1) is 28.1 Å². The average Bonchev–Trinajstić information content (AvgIpc) is 3.23. The quantitative estimate of drug-likeness (QED) is 0.224. The lowest BCUT2D eigenvalue weighted by Gasteiger charge is -2.22. The van der Waals surface area contributed by atoms with Gasteiger partial charge < -0.3 is 9.47 Å². The second-order valence-electron chi connectivity index (χ2n) is 7.49. The molecule has 1 saturated carbocycles. The number of rotatable bonds is 7. The van der Waals surface area contributed by atoms with Crippen molar-refractivity contribution in [1.82, 2.24) is 4.98 Å². The fourth-order valence-corrected chi connectivity index (χ4v) is 5.27. The Balaban J connectivity index is 1.90. The number of carbonyl (C=O) groups excluding carboxylic acids is 1. The molecule has 1 aromatic carbocycles. The number of halogens is 4. The number of benzene rings is 1. The van der Waals surface area contributed by atoms with E-state index in [0.717, 1.165) is 0 Å². The van der Waals surface area contributed by atoms with E-state index >= 15 is 0 Å². The van der Waals surface area contributed by atoms with Crippen molar-refractivity contribution in [2.24, 2.45) is 16.7 Å². The van der Waals surface area contributed by atoms with Gasteiger partial charge in [-0.2, -0.15) is 5.26 Å². The van der Waals surface area contributed by atoms with Gasteiger partial charge >= 0.3 is 5.97 Å². The van der Waals surface area contributed by atoms with Gasteiger partial charge in [-0.3, -0.25) is 9.78 Å². The van der Waals surface area contributed by atoms with Crippen LogP contribution in [0.3, 0.4) is 0 Å². The number of nitrogens with zero attached hydrogens (tertiary/aromatic N) is 2. The van der Waals surface area contributed by atoms with Crippen LogP contribution in [0.5, 0.6) is 5.75 Å². The molecule has 1 aromatic heterocycles. The van der Waals surface area contributed by atoms with Crippen molar-refractivity contribution in [2.75, 3.05) is 0 Å². The number of esters is 1. The van der Waals surface area contributed by atoms with Crippen molar-refractivity contribution in [2.45, 2.75) is 28.2 Å². The Morgan fingerprint density at radius 3 is 2.40 bits per heavy atom. The Hall–Kier alpha value is -1.33. The molecule has 1 aliphatic carbocycles. The third kappa shape index (κ3) is 4.20. The number of para-hydroxylation sites is 1. The molecule has 0 N–H and O–H groups in total. The SMILES string of the molecule is CC1(C)C([C@@H](Br)C(Cl)(Cl)Br)C1(C#N)C(=O)OC(Oc1ccccc1)c1ccccn1. The van der Waals surface area contributed by atoms with Gasteiger partial charge in [0.1, 0.15) is 11.4 Å². The van der Waals surface area contributed by atoms with E-state index in [4.69, 9.17) is 32.7 Å². The van der Waals surface area contributed by atoms with Crippen molar-refractivity contribution in [1.29, 1.82) is 5.26 Å². The molecule has 3 unspecified atom stereocenters. The van der Waals surface area contributed by atoms with Crippen molar-refractivity contribution >= 4 is 61.0 Å². The summed E-state index contributed by atoms with van der Waals surface area (Å²) >= 11 is 19.0. The molecular weight excluding hydrogens is 559 g/mol. The monoisotopic (exact) mass is 574 g/mol. The fourth-order valence-electron chi connectivity index (χ4n) is 3.70. The summed E-state index contributed by atoms with van der Waals surface area (Å²) in [6.45, 7) is 3.60. The third-order valence-electron chi connectivity index (χ3n) is 5.41. The predicted octanol–water partition coefficient (Wildman–Crippen LogP) is 6.16. The highest BCUT2D eigenvalue weighted by Crippen LogP contribution is 2.73. The van der Waals surface area contributed by atoms with E-state index in [0.29, 0.717) is 11.4 Å². The van der Waals surface area contributed by atoms with E-state index in [1.54, 1.807) is 62.5 Å². The second-order valence-corrected chi connectivity index (χ2v) is 12.0. The van der Waals surface area contributed by atoms with Crippen molar-refractivity contribution < 1.29 is 14.3 Å². The summed E-state index contributed by atoms with van der Waals surface area (Å²) in [5.74, 6) is -0.725. The average molecular weight is 577 g/mol. The van der Waals surface area contributed by atoms with Gasteiger partial charge in [-0.15, -0.1) is 0 Å². The highest BCUT2D eigenvalue weighted by molar-refractivity contribution is 9.13. The topological polar surface area (TPSA) is 72.2 Å². The van der Waals surface area contributed by atoms with E-state index in [2.05, 4.69) is 42.9 Å². The molecule has 1 fully saturated rings. The first-order valence-corrected chi connectivity index (χ1v) is 11.5. The van der Waals surface area contributed by atoms with E-state index in [-0.39, 0.29) is 0 Å². The molecule has 0 amide bonds. The highest BCUT2D eigenvalue weighted by atomic mass is 79.9. The number of nitriles is 1. The molecule has 3 rings (SSSR count). The minimum absolute atomic E-state index is 0.401. The van der Waals surface area contributed by atoms with Gasteiger partial charge in [0.15, 0.2) is 8.66 Å². The smallest absolute Gasteiger partial charge is 0.330 e. The lowest BCUT2D eigenvalue weighted by Crippen LogP contribution is -2.30. The molecular formula is C21H18Br2Cl2N2O3. The van der Waals surface area contributed by atoms with Gasteiger partial charge in [0, 0.05) is 17.5 Å². The van der Waals surface area contributed by atoms with Crippen LogP contribution in [0.2, 0.25) is 0 Å². The maximum absolute atomic E-state index is 13.3. The van der Waals surface area contributed by atoms with E-state index < -0.39 is 37.1 Å². The summed E-state index contributed by atoms with van der Waals surface area (Å²) in [6, 6.07) is 16.3. The number of hydrogen-bond donors (Lipinski definition) is 0. The van der Waals surface area contributed by atoms with Gasteiger partial charge in [-0.05, 0) is 40.2 Å². The van der Waals surface area contributed by atoms with Gasteiger partial charge in [-0.25, -0.2) is 0 Å². The Bertz CT molecular complexity index is 948. The number of aromatic nitrogens is 1. The molecule has 9 heteroatoms. The molecule has 0 bridgehead atoms. The van der Waals surface area contributed by atoms with Crippen LogP contribution in [0.4, 0.5) is 0 Å². The van der Waals surface area contributed by atoms with Crippen LogP contribution in [0.1, 0.15) is 25.8 Å². The molecule has 0 saturated heterocycles. The standard InChI is InChI=1S/C21H18Br2Cl2N2O3/c1-19(2)15(16(22)21(23,24)25)20(19,12-26)18(28)30-17(14-10-6-7-11-27-14)29-13-8-4-3-5-9-13/h3-11,15-17H,1-2H3/t15?,16-,17?,20?/m1/s1. The normalized spacial score (nSPS) is 24.2. The van der Waals surface area contributed by atoms with Crippen LogP contribution in [0.15, 0.2) is 54.7 Å². The molecule has 0 spiro atoms. The largest absolute Gasteiger partial charge is 0.449 e. The summed E-state index contributed by atoms with van der Waals surface area (Å²) in [6.07, 6.45) is 0.446. The van der Waals surface area contributed by atoms with Gasteiger partial charge in [0.25, 0.3) is 6.29 Å². The van der Waals surface area contributed by atoms with E-state index in [1.165, 1.54) is 0 Å².